The van der Waals surface area contributed by atoms with Gasteiger partial charge in [0.15, 0.2) is 0 Å². The number of benzene rings is 1. The summed E-state index contributed by atoms with van der Waals surface area (Å²) in [6.45, 7) is 0. The average Bonchev–Trinajstić information content (AvgIpc) is 2.31. The van der Waals surface area contributed by atoms with Crippen LogP contribution in [0, 0.1) is 0 Å². The van der Waals surface area contributed by atoms with Gasteiger partial charge in [0.1, 0.15) is 6.20 Å². The molecule has 0 spiro atoms. The second kappa shape index (κ2) is 6.10. The molecule has 0 radical (unpaired) electrons. The Morgan fingerprint density at radius 3 is 2.33 bits per heavy atom. The summed E-state index contributed by atoms with van der Waals surface area (Å²) in [6.07, 6.45) is -2.43. The lowest BCUT2D eigenvalue weighted by Gasteiger charge is -2.28. The molecule has 0 saturated heterocycles. The van der Waals surface area contributed by atoms with Crippen LogP contribution in [0.5, 0.6) is 0 Å². The van der Waals surface area contributed by atoms with E-state index in [0.29, 0.717) is 0 Å². The fourth-order valence-electron chi connectivity index (χ4n) is 1.97. The molecule has 1 amide bonds. The smallest absolute Gasteiger partial charge is 0.417 e. The highest BCUT2D eigenvalue weighted by Crippen LogP contribution is 2.38. The third-order valence-electron chi connectivity index (χ3n) is 3.04. The Hall–Kier alpha value is -0.860. The molecule has 1 heterocycles. The summed E-state index contributed by atoms with van der Waals surface area (Å²) >= 11 is 5.81. The first kappa shape index (κ1) is 18.2. The molecule has 1 aliphatic rings. The molecule has 1 aliphatic heterocycles. The van der Waals surface area contributed by atoms with Gasteiger partial charge in [0, 0.05) is 11.1 Å². The number of quaternary nitrogens is 1. The molecule has 0 fully saturated rings. The van der Waals surface area contributed by atoms with Crippen LogP contribution in [0.1, 0.15) is 5.56 Å². The summed E-state index contributed by atoms with van der Waals surface area (Å²) in [4.78, 5) is 12.3. The van der Waals surface area contributed by atoms with E-state index in [4.69, 9.17) is 11.6 Å². The summed E-state index contributed by atoms with van der Waals surface area (Å²) in [6, 6.07) is 5.87. The number of halogens is 5. The van der Waals surface area contributed by atoms with E-state index in [0.717, 1.165) is 6.08 Å². The van der Waals surface area contributed by atoms with E-state index in [9.17, 15) is 18.0 Å². The fraction of sp³-hybridized carbons (Fsp3) is 0.214. The van der Waals surface area contributed by atoms with Crippen molar-refractivity contribution in [2.24, 2.45) is 0 Å². The summed E-state index contributed by atoms with van der Waals surface area (Å²) in [5, 5.41) is 0.282. The van der Waals surface area contributed by atoms with Gasteiger partial charge in [-0.25, -0.2) is 9.28 Å². The Morgan fingerprint density at radius 2 is 1.81 bits per heavy atom. The van der Waals surface area contributed by atoms with Gasteiger partial charge >= 0.3 is 12.1 Å². The Bertz CT molecular complexity index is 635. The number of hydrogen-bond acceptors (Lipinski definition) is 1. The molecule has 0 aromatic heterocycles. The highest BCUT2D eigenvalue weighted by Gasteiger charge is 2.44. The predicted molar refractivity (Wildman–Crippen MR) is 70.7 cm³/mol. The van der Waals surface area contributed by atoms with Crippen molar-refractivity contribution in [1.82, 2.24) is 0 Å². The normalized spacial score (nSPS) is 17.7. The van der Waals surface area contributed by atoms with Crippen molar-refractivity contribution in [2.45, 2.75) is 6.18 Å². The van der Waals surface area contributed by atoms with Crippen molar-refractivity contribution in [3.8, 4) is 0 Å². The number of amides is 1. The first-order valence-corrected chi connectivity index (χ1v) is 6.16. The third kappa shape index (κ3) is 3.67. The van der Waals surface area contributed by atoms with E-state index in [2.05, 4.69) is 0 Å². The third-order valence-corrected chi connectivity index (χ3v) is 3.27. The topological polar surface area (TPSA) is 17.1 Å². The van der Waals surface area contributed by atoms with Crippen LogP contribution in [0.3, 0.4) is 0 Å². The molecular formula is C14H12ClF3INO. The SMILES string of the molecule is C[N+]1(C)C=CC(C(F)(F)F)=C(c2cccc(Cl)c2)C1=O.[I-]. The van der Waals surface area contributed by atoms with Gasteiger partial charge in [0.2, 0.25) is 0 Å². The minimum atomic E-state index is -4.59. The second-order valence-electron chi connectivity index (χ2n) is 4.96. The van der Waals surface area contributed by atoms with E-state index in [-0.39, 0.29) is 44.6 Å². The molecule has 1 aromatic rings. The molecule has 0 bridgehead atoms. The lowest BCUT2D eigenvalue weighted by atomic mass is 9.95. The zero-order valence-electron chi connectivity index (χ0n) is 11.2. The van der Waals surface area contributed by atoms with E-state index in [1.54, 1.807) is 6.07 Å². The standard InChI is InChI=1S/C14H12ClF3NO.HI/c1-19(2)7-6-11(14(16,17)18)12(13(19)20)9-4-3-5-10(15)8-9;/h3-8H,1-2H3;1H/q+1;/p-1. The monoisotopic (exact) mass is 429 g/mol. The first-order valence-electron chi connectivity index (χ1n) is 5.78. The molecule has 2 rings (SSSR count). The van der Waals surface area contributed by atoms with Gasteiger partial charge in [0.05, 0.1) is 25.2 Å². The molecule has 0 N–H and O–H groups in total. The second-order valence-corrected chi connectivity index (χ2v) is 5.39. The van der Waals surface area contributed by atoms with Gasteiger partial charge < -0.3 is 24.0 Å². The maximum Gasteiger partial charge on any atom is 0.417 e. The van der Waals surface area contributed by atoms with Crippen LogP contribution in [-0.4, -0.2) is 30.7 Å². The van der Waals surface area contributed by atoms with Crippen molar-refractivity contribution >= 4 is 23.1 Å². The molecule has 7 heteroatoms. The minimum Gasteiger partial charge on any atom is -1.00 e. The van der Waals surface area contributed by atoms with E-state index >= 15 is 0 Å². The molecule has 21 heavy (non-hydrogen) atoms. The minimum absolute atomic E-state index is 0. The lowest BCUT2D eigenvalue weighted by molar-refractivity contribution is -0.755. The molecule has 1 aromatic carbocycles. The highest BCUT2D eigenvalue weighted by molar-refractivity contribution is 6.31. The van der Waals surface area contributed by atoms with Gasteiger partial charge in [-0.3, -0.25) is 0 Å². The Morgan fingerprint density at radius 1 is 1.19 bits per heavy atom. The van der Waals surface area contributed by atoms with Gasteiger partial charge in [-0.05, 0) is 17.7 Å². The van der Waals surface area contributed by atoms with Crippen molar-refractivity contribution in [3.63, 3.8) is 0 Å². The zero-order valence-corrected chi connectivity index (χ0v) is 14.1. The quantitative estimate of drug-likeness (QED) is 0.477. The maximum absolute atomic E-state index is 13.1. The number of rotatable bonds is 1. The summed E-state index contributed by atoms with van der Waals surface area (Å²) in [5.74, 6) is -0.623. The maximum atomic E-state index is 13.1. The predicted octanol–water partition coefficient (Wildman–Crippen LogP) is 0.790. The number of carbonyl (C=O) groups excluding carboxylic acids is 1. The molecular weight excluding hydrogens is 418 g/mol. The number of allylic oxidation sites excluding steroid dienone is 2. The molecule has 0 atom stereocenters. The largest absolute Gasteiger partial charge is 1.00 e. The van der Waals surface area contributed by atoms with E-state index in [1.807, 2.05) is 0 Å². The Balaban J connectivity index is 0.00000220. The van der Waals surface area contributed by atoms with Crippen molar-refractivity contribution in [2.75, 3.05) is 14.1 Å². The van der Waals surface area contributed by atoms with E-state index < -0.39 is 17.7 Å². The van der Waals surface area contributed by atoms with Crippen LogP contribution in [0.4, 0.5) is 13.2 Å². The van der Waals surface area contributed by atoms with Crippen LogP contribution >= 0.6 is 11.6 Å². The molecule has 114 valence electrons. The van der Waals surface area contributed by atoms with Crippen molar-refractivity contribution in [1.29, 1.82) is 0 Å². The highest BCUT2D eigenvalue weighted by atomic mass is 127. The van der Waals surface area contributed by atoms with E-state index in [1.165, 1.54) is 38.5 Å². The average molecular weight is 430 g/mol. The molecule has 2 nitrogen and oxygen atoms in total. The number of nitrogens with zero attached hydrogens (tertiary/aromatic N) is 1. The van der Waals surface area contributed by atoms with Crippen LogP contribution in [0.25, 0.3) is 5.57 Å². The first-order chi connectivity index (χ1) is 9.13. The Labute approximate surface area is 142 Å². The number of carbonyl (C=O) groups is 1. The lowest BCUT2D eigenvalue weighted by Crippen LogP contribution is -3.00. The van der Waals surface area contributed by atoms with Gasteiger partial charge in [-0.15, -0.1) is 0 Å². The van der Waals surface area contributed by atoms with Gasteiger partial charge in [-0.2, -0.15) is 13.2 Å². The van der Waals surface area contributed by atoms with Gasteiger partial charge in [0.25, 0.3) is 0 Å². The number of alkyl halides is 3. The van der Waals surface area contributed by atoms with Crippen LogP contribution in [0.15, 0.2) is 42.1 Å². The summed E-state index contributed by atoms with van der Waals surface area (Å²) < 4.78 is 39.0. The van der Waals surface area contributed by atoms with Gasteiger partial charge in [-0.1, -0.05) is 23.7 Å². The zero-order chi connectivity index (χ0) is 15.1. The van der Waals surface area contributed by atoms with Crippen LogP contribution in [0.2, 0.25) is 5.02 Å². The van der Waals surface area contributed by atoms with Crippen molar-refractivity contribution < 1.29 is 46.4 Å². The number of hydrogen-bond donors (Lipinski definition) is 0. The van der Waals surface area contributed by atoms with Crippen LogP contribution in [-0.2, 0) is 4.79 Å². The van der Waals surface area contributed by atoms with Crippen LogP contribution < -0.4 is 24.0 Å². The molecule has 0 unspecified atom stereocenters. The fourth-order valence-corrected chi connectivity index (χ4v) is 2.16. The molecule has 0 saturated carbocycles. The summed E-state index contributed by atoms with van der Waals surface area (Å²) in [7, 11) is 3.05. The Kier molecular flexibility index (Phi) is 5.28. The number of likely N-dealkylation sites (N-methyl/N-ethyl adjacent to an activating group) is 1. The summed E-state index contributed by atoms with van der Waals surface area (Å²) in [5.41, 5.74) is -1.12. The van der Waals surface area contributed by atoms with Crippen molar-refractivity contribution in [3.05, 3.63) is 52.7 Å². The molecule has 0 aliphatic carbocycles.